The quantitative estimate of drug-likeness (QED) is 0.733. The zero-order valence-corrected chi connectivity index (χ0v) is 14.0. The Bertz CT molecular complexity index is 533. The van der Waals surface area contributed by atoms with Crippen LogP contribution in [-0.2, 0) is 14.3 Å². The monoisotopic (exact) mass is 343 g/mol. The van der Waals surface area contributed by atoms with Crippen molar-refractivity contribution in [3.8, 4) is 0 Å². The molecular weight excluding hydrogens is 326 g/mol. The molecule has 0 fully saturated rings. The normalized spacial score (nSPS) is 11.6. The van der Waals surface area contributed by atoms with Gasteiger partial charge in [-0.3, -0.25) is 9.59 Å². The van der Waals surface area contributed by atoms with E-state index in [1.54, 1.807) is 36.0 Å². The number of halogens is 1. The Balaban J connectivity index is 2.70. The molecule has 7 heteroatoms. The summed E-state index contributed by atoms with van der Waals surface area (Å²) in [5, 5.41) is 3.15. The van der Waals surface area contributed by atoms with Crippen LogP contribution in [-0.4, -0.2) is 42.3 Å². The largest absolute Gasteiger partial charge is 0.456 e. The second-order valence-electron chi connectivity index (χ2n) is 4.62. The van der Waals surface area contributed by atoms with Gasteiger partial charge in [-0.25, -0.2) is 4.79 Å². The van der Waals surface area contributed by atoms with Gasteiger partial charge in [-0.15, -0.1) is 0 Å². The second-order valence-corrected chi connectivity index (χ2v) is 6.05. The molecule has 0 unspecified atom stereocenters. The number of Topliss-reactive ketones (excluding diaryl/α,β-unsaturated/α-hetero) is 1. The van der Waals surface area contributed by atoms with Crippen LogP contribution in [0.1, 0.15) is 23.7 Å². The van der Waals surface area contributed by atoms with Crippen LogP contribution < -0.4 is 5.32 Å². The van der Waals surface area contributed by atoms with Gasteiger partial charge in [0.1, 0.15) is 12.6 Å². The summed E-state index contributed by atoms with van der Waals surface area (Å²) in [7, 11) is 0. The Kier molecular flexibility index (Phi) is 7.98. The molecule has 1 rings (SSSR count). The van der Waals surface area contributed by atoms with Gasteiger partial charge in [0.25, 0.3) is 5.91 Å². The van der Waals surface area contributed by atoms with Gasteiger partial charge < -0.3 is 10.1 Å². The SMILES string of the molecule is CSCC[C@H](NC(=O)c1ccc(Cl)cc1)C(=O)OCC(C)=O. The van der Waals surface area contributed by atoms with Crippen molar-refractivity contribution in [2.45, 2.75) is 19.4 Å². The number of nitrogens with one attached hydrogen (secondary N) is 1. The van der Waals surface area contributed by atoms with E-state index in [9.17, 15) is 14.4 Å². The summed E-state index contributed by atoms with van der Waals surface area (Å²) in [4.78, 5) is 35.0. The molecule has 1 atom stereocenters. The Hall–Kier alpha value is -1.53. The summed E-state index contributed by atoms with van der Waals surface area (Å²) in [5.74, 6) is -0.559. The lowest BCUT2D eigenvalue weighted by atomic mass is 10.1. The number of carbonyl (C=O) groups excluding carboxylic acids is 3. The highest BCUT2D eigenvalue weighted by Crippen LogP contribution is 2.10. The number of amides is 1. The molecule has 0 heterocycles. The average molecular weight is 344 g/mol. The Labute approximate surface area is 138 Å². The fraction of sp³-hybridized carbons (Fsp3) is 0.400. The minimum atomic E-state index is -0.782. The molecule has 0 saturated carbocycles. The summed E-state index contributed by atoms with van der Waals surface area (Å²) in [6.45, 7) is 1.04. The number of hydrogen-bond donors (Lipinski definition) is 1. The third-order valence-corrected chi connectivity index (χ3v) is 3.62. The highest BCUT2D eigenvalue weighted by Gasteiger charge is 2.22. The van der Waals surface area contributed by atoms with E-state index in [-0.39, 0.29) is 18.3 Å². The maximum Gasteiger partial charge on any atom is 0.329 e. The van der Waals surface area contributed by atoms with Gasteiger partial charge in [0, 0.05) is 10.6 Å². The molecule has 5 nitrogen and oxygen atoms in total. The average Bonchev–Trinajstić information content (AvgIpc) is 2.49. The van der Waals surface area contributed by atoms with E-state index < -0.39 is 12.0 Å². The fourth-order valence-electron chi connectivity index (χ4n) is 1.60. The molecule has 0 saturated heterocycles. The first-order valence-electron chi connectivity index (χ1n) is 6.65. The van der Waals surface area contributed by atoms with Crippen molar-refractivity contribution >= 4 is 41.0 Å². The number of benzene rings is 1. The first-order valence-corrected chi connectivity index (χ1v) is 8.42. The third kappa shape index (κ3) is 6.49. The molecule has 0 aliphatic rings. The van der Waals surface area contributed by atoms with Gasteiger partial charge >= 0.3 is 5.97 Å². The van der Waals surface area contributed by atoms with Crippen molar-refractivity contribution in [3.63, 3.8) is 0 Å². The molecule has 0 bridgehead atoms. The molecule has 1 amide bonds. The van der Waals surface area contributed by atoms with E-state index in [4.69, 9.17) is 16.3 Å². The minimum Gasteiger partial charge on any atom is -0.456 e. The molecule has 0 radical (unpaired) electrons. The number of esters is 1. The summed E-state index contributed by atoms with van der Waals surface area (Å²) < 4.78 is 4.88. The lowest BCUT2D eigenvalue weighted by Crippen LogP contribution is -2.42. The number of ether oxygens (including phenoxy) is 1. The Morgan fingerprint density at radius 3 is 2.45 bits per heavy atom. The number of carbonyl (C=O) groups is 3. The maximum atomic E-state index is 12.1. The smallest absolute Gasteiger partial charge is 0.329 e. The lowest BCUT2D eigenvalue weighted by Gasteiger charge is -2.17. The maximum absolute atomic E-state index is 12.1. The fourth-order valence-corrected chi connectivity index (χ4v) is 2.20. The van der Waals surface area contributed by atoms with Crippen molar-refractivity contribution in [2.75, 3.05) is 18.6 Å². The van der Waals surface area contributed by atoms with Crippen LogP contribution in [0.25, 0.3) is 0 Å². The van der Waals surface area contributed by atoms with E-state index in [0.717, 1.165) is 0 Å². The van der Waals surface area contributed by atoms with E-state index in [1.165, 1.54) is 6.92 Å². The van der Waals surface area contributed by atoms with E-state index in [1.807, 2.05) is 6.26 Å². The number of rotatable bonds is 8. The van der Waals surface area contributed by atoms with Gasteiger partial charge in [-0.05, 0) is 49.6 Å². The van der Waals surface area contributed by atoms with Crippen molar-refractivity contribution in [1.82, 2.24) is 5.32 Å². The summed E-state index contributed by atoms with van der Waals surface area (Å²) >= 11 is 7.32. The standard InChI is InChI=1S/C15H18ClNO4S/c1-10(18)9-21-15(20)13(7-8-22-2)17-14(19)11-3-5-12(16)6-4-11/h3-6,13H,7-9H2,1-2H3,(H,17,19)/t13-/m0/s1. The van der Waals surface area contributed by atoms with Crippen LogP contribution in [0.5, 0.6) is 0 Å². The highest BCUT2D eigenvalue weighted by molar-refractivity contribution is 7.98. The number of hydrogen-bond acceptors (Lipinski definition) is 5. The molecule has 0 aliphatic carbocycles. The minimum absolute atomic E-state index is 0.249. The van der Waals surface area contributed by atoms with Gasteiger partial charge in [-0.2, -0.15) is 11.8 Å². The summed E-state index contributed by atoms with van der Waals surface area (Å²) in [6, 6.07) is 5.56. The van der Waals surface area contributed by atoms with Crippen LogP contribution in [0.3, 0.4) is 0 Å². The molecule has 120 valence electrons. The van der Waals surface area contributed by atoms with Crippen molar-refractivity contribution in [1.29, 1.82) is 0 Å². The van der Waals surface area contributed by atoms with Gasteiger partial charge in [0.15, 0.2) is 5.78 Å². The zero-order valence-electron chi connectivity index (χ0n) is 12.4. The van der Waals surface area contributed by atoms with E-state index in [0.29, 0.717) is 22.8 Å². The van der Waals surface area contributed by atoms with Crippen LogP contribution in [0.15, 0.2) is 24.3 Å². The highest BCUT2D eigenvalue weighted by atomic mass is 35.5. The third-order valence-electron chi connectivity index (χ3n) is 2.72. The van der Waals surface area contributed by atoms with E-state index in [2.05, 4.69) is 5.32 Å². The molecule has 1 aromatic carbocycles. The zero-order chi connectivity index (χ0) is 16.5. The lowest BCUT2D eigenvalue weighted by molar-refractivity contribution is -0.149. The molecule has 0 spiro atoms. The van der Waals surface area contributed by atoms with Crippen LogP contribution in [0.4, 0.5) is 0 Å². The molecule has 0 aliphatic heterocycles. The first kappa shape index (κ1) is 18.5. The second kappa shape index (κ2) is 9.48. The summed E-state index contributed by atoms with van der Waals surface area (Å²) in [6.07, 6.45) is 2.33. The van der Waals surface area contributed by atoms with Crippen molar-refractivity contribution < 1.29 is 19.1 Å². The van der Waals surface area contributed by atoms with Crippen LogP contribution in [0.2, 0.25) is 5.02 Å². The Morgan fingerprint density at radius 2 is 1.91 bits per heavy atom. The van der Waals surface area contributed by atoms with Crippen molar-refractivity contribution in [2.24, 2.45) is 0 Å². The summed E-state index contributed by atoms with van der Waals surface area (Å²) in [5.41, 5.74) is 0.401. The Morgan fingerprint density at radius 1 is 1.27 bits per heavy atom. The van der Waals surface area contributed by atoms with Crippen molar-refractivity contribution in [3.05, 3.63) is 34.9 Å². The van der Waals surface area contributed by atoms with Crippen LogP contribution >= 0.6 is 23.4 Å². The number of thioether (sulfide) groups is 1. The van der Waals surface area contributed by atoms with Gasteiger partial charge in [0.2, 0.25) is 0 Å². The van der Waals surface area contributed by atoms with Gasteiger partial charge in [0.05, 0.1) is 0 Å². The molecular formula is C15H18ClNO4S. The van der Waals surface area contributed by atoms with E-state index >= 15 is 0 Å². The van der Waals surface area contributed by atoms with Crippen LogP contribution in [0, 0.1) is 0 Å². The molecule has 1 N–H and O–H groups in total. The number of ketones is 1. The predicted octanol–water partition coefficient (Wildman–Crippen LogP) is 2.32. The molecule has 22 heavy (non-hydrogen) atoms. The topological polar surface area (TPSA) is 72.5 Å². The first-order chi connectivity index (χ1) is 10.4. The van der Waals surface area contributed by atoms with Gasteiger partial charge in [-0.1, -0.05) is 11.6 Å². The molecule has 1 aromatic rings. The molecule has 0 aromatic heterocycles. The predicted molar refractivity (Wildman–Crippen MR) is 87.3 cm³/mol.